The van der Waals surface area contributed by atoms with E-state index in [-0.39, 0.29) is 12.2 Å². The van der Waals surface area contributed by atoms with Crippen molar-refractivity contribution in [3.05, 3.63) is 34.9 Å². The molecule has 0 spiro atoms. The lowest BCUT2D eigenvalue weighted by atomic mass is 9.81. The molecule has 2 bridgehead atoms. The first-order valence-electron chi connectivity index (χ1n) is 6.50. The lowest BCUT2D eigenvalue weighted by Crippen LogP contribution is -2.39. The largest absolute Gasteiger partial charge is 0.385 e. The van der Waals surface area contributed by atoms with Crippen LogP contribution in [-0.4, -0.2) is 17.3 Å². The lowest BCUT2D eigenvalue weighted by molar-refractivity contribution is -0.115. The highest BCUT2D eigenvalue weighted by Gasteiger charge is 2.45. The molecule has 2 aliphatic heterocycles. The van der Waals surface area contributed by atoms with Gasteiger partial charge < -0.3 is 9.84 Å². The van der Waals surface area contributed by atoms with E-state index in [9.17, 15) is 10.4 Å². The number of aryl methyl sites for hydroxylation is 1. The highest BCUT2D eigenvalue weighted by Crippen LogP contribution is 2.44. The van der Waals surface area contributed by atoms with Gasteiger partial charge in [0.2, 0.25) is 0 Å². The minimum Gasteiger partial charge on any atom is -0.385 e. The Morgan fingerprint density at radius 1 is 1.33 bits per heavy atom. The van der Waals surface area contributed by atoms with Crippen molar-refractivity contribution in [1.29, 1.82) is 5.26 Å². The van der Waals surface area contributed by atoms with E-state index in [2.05, 4.69) is 6.07 Å². The fraction of sp³-hybridized carbons (Fsp3) is 0.533. The van der Waals surface area contributed by atoms with E-state index >= 15 is 0 Å². The maximum atomic E-state index is 10.9. The standard InChI is InChI=1S/C15H17NO2/c1-10-2-3-11(9-16)14(6-10)15(17)7-12-4-5-13(8-15)18-12/h2-3,6,12-13,17H,4-5,7-8H2,1H3. The first-order valence-corrected chi connectivity index (χ1v) is 6.50. The zero-order valence-corrected chi connectivity index (χ0v) is 10.5. The Hall–Kier alpha value is -1.37. The Morgan fingerprint density at radius 3 is 2.61 bits per heavy atom. The topological polar surface area (TPSA) is 53.2 Å². The normalized spacial score (nSPS) is 34.3. The summed E-state index contributed by atoms with van der Waals surface area (Å²) in [5.41, 5.74) is 1.56. The van der Waals surface area contributed by atoms with Gasteiger partial charge in [-0.2, -0.15) is 5.26 Å². The van der Waals surface area contributed by atoms with Crippen molar-refractivity contribution in [1.82, 2.24) is 0 Å². The van der Waals surface area contributed by atoms with Gasteiger partial charge in [0.15, 0.2) is 0 Å². The van der Waals surface area contributed by atoms with E-state index in [1.165, 1.54) is 0 Å². The molecule has 18 heavy (non-hydrogen) atoms. The molecule has 1 aromatic carbocycles. The third-order valence-electron chi connectivity index (χ3n) is 4.12. The molecule has 1 aromatic rings. The molecule has 1 N–H and O–H groups in total. The average Bonchev–Trinajstić information content (AvgIpc) is 2.69. The SMILES string of the molecule is Cc1ccc(C#N)c(C2(O)CC3CCC(C2)O3)c1. The van der Waals surface area contributed by atoms with Crippen molar-refractivity contribution in [3.8, 4) is 6.07 Å². The second-order valence-corrected chi connectivity index (χ2v) is 5.56. The molecule has 0 aliphatic carbocycles. The number of fused-ring (bicyclic) bond motifs is 2. The Morgan fingerprint density at radius 2 is 2.00 bits per heavy atom. The summed E-state index contributed by atoms with van der Waals surface area (Å²) in [7, 11) is 0. The van der Waals surface area contributed by atoms with E-state index < -0.39 is 5.60 Å². The first-order chi connectivity index (χ1) is 8.60. The van der Waals surface area contributed by atoms with E-state index in [4.69, 9.17) is 4.74 Å². The summed E-state index contributed by atoms with van der Waals surface area (Å²) in [6.45, 7) is 1.99. The number of nitrogens with zero attached hydrogens (tertiary/aromatic N) is 1. The van der Waals surface area contributed by atoms with Crippen LogP contribution in [0.15, 0.2) is 18.2 Å². The van der Waals surface area contributed by atoms with Gasteiger partial charge in [-0.1, -0.05) is 17.7 Å². The second kappa shape index (κ2) is 4.08. The molecule has 3 nitrogen and oxygen atoms in total. The van der Waals surface area contributed by atoms with Crippen molar-refractivity contribution in [2.75, 3.05) is 0 Å². The summed E-state index contributed by atoms with van der Waals surface area (Å²) < 4.78 is 5.78. The summed E-state index contributed by atoms with van der Waals surface area (Å²) in [6.07, 6.45) is 3.59. The highest BCUT2D eigenvalue weighted by atomic mass is 16.5. The molecular weight excluding hydrogens is 226 g/mol. The molecule has 2 fully saturated rings. The molecule has 2 heterocycles. The molecule has 0 aromatic heterocycles. The second-order valence-electron chi connectivity index (χ2n) is 5.56. The number of aliphatic hydroxyl groups is 1. The maximum Gasteiger partial charge on any atom is 0.0995 e. The number of benzene rings is 1. The predicted molar refractivity (Wildman–Crippen MR) is 66.9 cm³/mol. The molecule has 2 aliphatic rings. The Kier molecular flexibility index (Phi) is 2.65. The third-order valence-corrected chi connectivity index (χ3v) is 4.12. The quantitative estimate of drug-likeness (QED) is 0.824. The van der Waals surface area contributed by atoms with Crippen LogP contribution in [0, 0.1) is 18.3 Å². The number of rotatable bonds is 1. The van der Waals surface area contributed by atoms with Crippen LogP contribution >= 0.6 is 0 Å². The molecule has 0 saturated carbocycles. The molecule has 3 rings (SSSR count). The van der Waals surface area contributed by atoms with Gasteiger partial charge in [-0.15, -0.1) is 0 Å². The maximum absolute atomic E-state index is 10.9. The fourth-order valence-electron chi connectivity index (χ4n) is 3.28. The van der Waals surface area contributed by atoms with Gasteiger partial charge in [0.1, 0.15) is 0 Å². The van der Waals surface area contributed by atoms with E-state index in [0.717, 1.165) is 24.0 Å². The Balaban J connectivity index is 2.03. The van der Waals surface area contributed by atoms with Gasteiger partial charge >= 0.3 is 0 Å². The van der Waals surface area contributed by atoms with Gasteiger partial charge in [0.05, 0.1) is 29.4 Å². The summed E-state index contributed by atoms with van der Waals surface area (Å²) in [5.74, 6) is 0. The van der Waals surface area contributed by atoms with Crippen LogP contribution in [0.1, 0.15) is 42.4 Å². The molecule has 0 amide bonds. The van der Waals surface area contributed by atoms with Crippen LogP contribution in [0.2, 0.25) is 0 Å². The van der Waals surface area contributed by atoms with Crippen LogP contribution in [0.4, 0.5) is 0 Å². The number of hydrogen-bond acceptors (Lipinski definition) is 3. The van der Waals surface area contributed by atoms with E-state index in [1.807, 2.05) is 19.1 Å². The van der Waals surface area contributed by atoms with Gasteiger partial charge in [-0.3, -0.25) is 0 Å². The van der Waals surface area contributed by atoms with Crippen LogP contribution in [0.5, 0.6) is 0 Å². The first kappa shape index (κ1) is 11.7. The molecule has 2 atom stereocenters. The average molecular weight is 243 g/mol. The monoisotopic (exact) mass is 243 g/mol. The zero-order chi connectivity index (χ0) is 12.8. The number of hydrogen-bond donors (Lipinski definition) is 1. The van der Waals surface area contributed by atoms with Crippen molar-refractivity contribution in [3.63, 3.8) is 0 Å². The molecule has 2 unspecified atom stereocenters. The number of ether oxygens (including phenoxy) is 1. The molecule has 0 radical (unpaired) electrons. The smallest absolute Gasteiger partial charge is 0.0995 e. The Bertz CT molecular complexity index is 506. The van der Waals surface area contributed by atoms with Crippen molar-refractivity contribution < 1.29 is 9.84 Å². The summed E-state index contributed by atoms with van der Waals surface area (Å²) >= 11 is 0. The number of nitriles is 1. The lowest BCUT2D eigenvalue weighted by Gasteiger charge is -2.37. The minimum atomic E-state index is -0.888. The van der Waals surface area contributed by atoms with Crippen molar-refractivity contribution in [2.24, 2.45) is 0 Å². The van der Waals surface area contributed by atoms with Gasteiger partial charge in [0.25, 0.3) is 0 Å². The van der Waals surface area contributed by atoms with Crippen molar-refractivity contribution >= 4 is 0 Å². The van der Waals surface area contributed by atoms with Crippen LogP contribution in [0.3, 0.4) is 0 Å². The molecule has 94 valence electrons. The van der Waals surface area contributed by atoms with Crippen molar-refractivity contribution in [2.45, 2.75) is 50.4 Å². The molecule has 2 saturated heterocycles. The summed E-state index contributed by atoms with van der Waals surface area (Å²) in [5, 5.41) is 20.1. The van der Waals surface area contributed by atoms with E-state index in [0.29, 0.717) is 18.4 Å². The fourth-order valence-corrected chi connectivity index (χ4v) is 3.28. The molecular formula is C15H17NO2. The summed E-state index contributed by atoms with van der Waals surface area (Å²) in [4.78, 5) is 0. The van der Waals surface area contributed by atoms with Crippen LogP contribution in [0.25, 0.3) is 0 Å². The van der Waals surface area contributed by atoms with Gasteiger partial charge in [-0.25, -0.2) is 0 Å². The third kappa shape index (κ3) is 1.82. The highest BCUT2D eigenvalue weighted by molar-refractivity contribution is 5.44. The van der Waals surface area contributed by atoms with E-state index in [1.54, 1.807) is 6.07 Å². The molecule has 3 heteroatoms. The van der Waals surface area contributed by atoms with Crippen LogP contribution < -0.4 is 0 Å². The van der Waals surface area contributed by atoms with Gasteiger partial charge in [-0.05, 0) is 25.8 Å². The van der Waals surface area contributed by atoms with Crippen LogP contribution in [-0.2, 0) is 10.3 Å². The summed E-state index contributed by atoms with van der Waals surface area (Å²) in [6, 6.07) is 7.86. The Labute approximate surface area is 107 Å². The van der Waals surface area contributed by atoms with Gasteiger partial charge in [0, 0.05) is 18.4 Å². The predicted octanol–water partition coefficient (Wildman–Crippen LogP) is 2.40. The minimum absolute atomic E-state index is 0.154. The zero-order valence-electron chi connectivity index (χ0n) is 10.5.